The number of rotatable bonds is 5. The predicted octanol–water partition coefficient (Wildman–Crippen LogP) is 1.96. The molecule has 0 fully saturated rings. The maximum Gasteiger partial charge on any atom is 0.276 e. The quantitative estimate of drug-likeness (QED) is 0.522. The molecule has 11 nitrogen and oxygen atoms in total. The van der Waals surface area contributed by atoms with Gasteiger partial charge in [0.1, 0.15) is 23.9 Å². The van der Waals surface area contributed by atoms with Crippen molar-refractivity contribution >= 4 is 32.9 Å². The number of anilines is 3. The number of benzene rings is 1. The van der Waals surface area contributed by atoms with Gasteiger partial charge in [0.25, 0.3) is 5.91 Å². The zero-order valence-electron chi connectivity index (χ0n) is 19.1. The van der Waals surface area contributed by atoms with Crippen molar-refractivity contribution in [2.24, 2.45) is 0 Å². The molecular weight excluding hydrogens is 489 g/mol. The molecule has 36 heavy (non-hydrogen) atoms. The Morgan fingerprint density at radius 1 is 1.22 bits per heavy atom. The van der Waals surface area contributed by atoms with Gasteiger partial charge in [-0.25, -0.2) is 33.2 Å². The minimum atomic E-state index is -3.54. The van der Waals surface area contributed by atoms with Crippen LogP contribution in [0, 0.1) is 5.82 Å². The Balaban J connectivity index is 1.31. The number of sulfone groups is 1. The highest BCUT2D eigenvalue weighted by Crippen LogP contribution is 2.36. The van der Waals surface area contributed by atoms with Crippen molar-refractivity contribution in [3.63, 3.8) is 0 Å². The van der Waals surface area contributed by atoms with Crippen LogP contribution in [0.25, 0.3) is 0 Å². The van der Waals surface area contributed by atoms with Gasteiger partial charge in [0.15, 0.2) is 15.7 Å². The lowest BCUT2D eigenvalue weighted by molar-refractivity contribution is 0.0785. The van der Waals surface area contributed by atoms with Gasteiger partial charge in [-0.3, -0.25) is 9.80 Å². The molecule has 1 aromatic carbocycles. The summed E-state index contributed by atoms with van der Waals surface area (Å²) in [5.41, 5.74) is 10.2. The Morgan fingerprint density at radius 3 is 2.72 bits per heavy atom. The van der Waals surface area contributed by atoms with Gasteiger partial charge in [0.2, 0.25) is 5.88 Å². The maximum atomic E-state index is 14.8. The van der Waals surface area contributed by atoms with Crippen LogP contribution in [0.5, 0.6) is 5.88 Å². The molecular formula is C23H22FN7O4S. The Labute approximate surface area is 206 Å². The number of hydrogen-bond acceptors (Lipinski definition) is 10. The number of nitrogens with zero attached hydrogens (tertiary/aromatic N) is 5. The zero-order valence-corrected chi connectivity index (χ0v) is 19.9. The standard InChI is InChI=1S/C23H22FN7O4S/c1-36(33,34)16-3-5-20(18(24)10-16)31-21-17(12-29-31)22(28-13-27-21)35-15-6-8-30(9-7-15)23(32)19-4-2-14(25)11-26-19/h2-6,8,10-11,13,15,29H,7,9,12,25H2,1H3. The van der Waals surface area contributed by atoms with E-state index in [9.17, 15) is 17.6 Å². The molecule has 0 saturated carbocycles. The van der Waals surface area contributed by atoms with Crippen molar-refractivity contribution in [1.82, 2.24) is 25.3 Å². The number of ether oxygens (including phenoxy) is 1. The average molecular weight is 512 g/mol. The number of hydrazine groups is 1. The Kier molecular flexibility index (Phi) is 6.02. The number of carbonyl (C=O) groups is 1. The normalized spacial score (nSPS) is 17.2. The summed E-state index contributed by atoms with van der Waals surface area (Å²) in [6, 6.07) is 6.89. The Morgan fingerprint density at radius 2 is 2.06 bits per heavy atom. The van der Waals surface area contributed by atoms with E-state index in [1.165, 1.54) is 29.7 Å². The summed E-state index contributed by atoms with van der Waals surface area (Å²) >= 11 is 0. The molecule has 3 N–H and O–H groups in total. The lowest BCUT2D eigenvalue weighted by atomic mass is 10.1. The highest BCUT2D eigenvalue weighted by molar-refractivity contribution is 7.90. The number of nitrogens with one attached hydrogen (secondary N) is 1. The van der Waals surface area contributed by atoms with E-state index in [4.69, 9.17) is 10.5 Å². The molecule has 0 aliphatic carbocycles. The second-order valence-corrected chi connectivity index (χ2v) is 10.3. The van der Waals surface area contributed by atoms with Crippen LogP contribution >= 0.6 is 0 Å². The number of fused-ring (bicyclic) bond motifs is 1. The van der Waals surface area contributed by atoms with Gasteiger partial charge in [0, 0.05) is 32.0 Å². The van der Waals surface area contributed by atoms with Crippen molar-refractivity contribution in [2.45, 2.75) is 24.0 Å². The van der Waals surface area contributed by atoms with E-state index in [0.29, 0.717) is 41.6 Å². The average Bonchev–Trinajstić information content (AvgIpc) is 3.29. The molecule has 0 radical (unpaired) electrons. The number of pyridine rings is 1. The molecule has 13 heteroatoms. The number of amides is 1. The highest BCUT2D eigenvalue weighted by atomic mass is 32.2. The first kappa shape index (κ1) is 23.6. The van der Waals surface area contributed by atoms with Crippen molar-refractivity contribution in [1.29, 1.82) is 0 Å². The van der Waals surface area contributed by atoms with Gasteiger partial charge in [-0.05, 0) is 36.4 Å². The number of nitrogen functional groups attached to an aromatic ring is 1. The molecule has 2 aromatic heterocycles. The van der Waals surface area contributed by atoms with E-state index in [1.54, 1.807) is 29.3 Å². The third kappa shape index (κ3) is 4.57. The number of carbonyl (C=O) groups excluding carboxylic acids is 1. The van der Waals surface area contributed by atoms with Crippen molar-refractivity contribution in [3.05, 3.63) is 72.2 Å². The molecule has 1 amide bonds. The number of halogens is 1. The summed E-state index contributed by atoms with van der Waals surface area (Å²) in [6.07, 6.45) is 7.36. The van der Waals surface area contributed by atoms with Crippen LogP contribution in [0.4, 0.5) is 21.6 Å². The minimum Gasteiger partial charge on any atom is -0.470 e. The van der Waals surface area contributed by atoms with Crippen molar-refractivity contribution < 1.29 is 22.3 Å². The van der Waals surface area contributed by atoms with Crippen LogP contribution in [0.15, 0.2) is 60.0 Å². The molecule has 1 unspecified atom stereocenters. The van der Waals surface area contributed by atoms with E-state index in [1.807, 2.05) is 0 Å². The lowest BCUT2D eigenvalue weighted by Crippen LogP contribution is -2.34. The summed E-state index contributed by atoms with van der Waals surface area (Å²) < 4.78 is 44.3. The van der Waals surface area contributed by atoms with E-state index in [-0.39, 0.29) is 29.1 Å². The fraction of sp³-hybridized carbons (Fsp3) is 0.217. The van der Waals surface area contributed by atoms with Crippen LogP contribution in [-0.4, -0.2) is 53.1 Å². The van der Waals surface area contributed by atoms with Gasteiger partial charge < -0.3 is 15.4 Å². The monoisotopic (exact) mass is 511 g/mol. The SMILES string of the molecule is CS(=O)(=O)c1ccc(N2NCc3c(OC4C=CN(C(=O)c5ccc(N)cn5)CC4)ncnc32)c(F)c1. The van der Waals surface area contributed by atoms with Gasteiger partial charge in [0.05, 0.1) is 28.0 Å². The van der Waals surface area contributed by atoms with Gasteiger partial charge >= 0.3 is 0 Å². The molecule has 0 bridgehead atoms. The molecule has 5 rings (SSSR count). The number of aromatic nitrogens is 3. The molecule has 1 atom stereocenters. The third-order valence-electron chi connectivity index (χ3n) is 5.76. The summed E-state index contributed by atoms with van der Waals surface area (Å²) in [5, 5.41) is 1.43. The molecule has 186 valence electrons. The van der Waals surface area contributed by atoms with Gasteiger partial charge in [-0.15, -0.1) is 0 Å². The summed E-state index contributed by atoms with van der Waals surface area (Å²) in [4.78, 5) is 26.6. The fourth-order valence-corrected chi connectivity index (χ4v) is 4.53. The Hall–Kier alpha value is -4.10. The van der Waals surface area contributed by atoms with E-state index in [2.05, 4.69) is 20.4 Å². The van der Waals surface area contributed by atoms with Crippen molar-refractivity contribution in [3.8, 4) is 5.88 Å². The second-order valence-electron chi connectivity index (χ2n) is 8.30. The molecule has 2 aliphatic heterocycles. The fourth-order valence-electron chi connectivity index (χ4n) is 3.90. The molecule has 2 aliphatic rings. The zero-order chi connectivity index (χ0) is 25.4. The van der Waals surface area contributed by atoms with E-state index in [0.717, 1.165) is 12.3 Å². The molecule has 3 aromatic rings. The summed E-state index contributed by atoms with van der Waals surface area (Å²) in [6.45, 7) is 0.699. The first-order valence-electron chi connectivity index (χ1n) is 11.0. The topological polar surface area (TPSA) is 144 Å². The van der Waals surface area contributed by atoms with Crippen LogP contribution in [0.1, 0.15) is 22.5 Å². The van der Waals surface area contributed by atoms with Crippen LogP contribution in [0.2, 0.25) is 0 Å². The smallest absolute Gasteiger partial charge is 0.276 e. The first-order valence-corrected chi connectivity index (χ1v) is 12.8. The minimum absolute atomic E-state index is 0.112. The number of hydrogen-bond donors (Lipinski definition) is 2. The third-order valence-corrected chi connectivity index (χ3v) is 6.87. The van der Waals surface area contributed by atoms with Crippen LogP contribution < -0.4 is 20.9 Å². The molecule has 0 saturated heterocycles. The maximum absolute atomic E-state index is 14.8. The summed E-state index contributed by atoms with van der Waals surface area (Å²) in [5.74, 6) is -0.221. The summed E-state index contributed by atoms with van der Waals surface area (Å²) in [7, 11) is -3.54. The van der Waals surface area contributed by atoms with Gasteiger partial charge in [-0.1, -0.05) is 0 Å². The van der Waals surface area contributed by atoms with Crippen LogP contribution in [0.3, 0.4) is 0 Å². The largest absolute Gasteiger partial charge is 0.470 e. The number of nitrogens with two attached hydrogens (primary N) is 1. The van der Waals surface area contributed by atoms with E-state index < -0.39 is 15.7 Å². The Bertz CT molecular complexity index is 1460. The second kappa shape index (κ2) is 9.17. The predicted molar refractivity (Wildman–Crippen MR) is 128 cm³/mol. The van der Waals surface area contributed by atoms with Gasteiger partial charge in [-0.2, -0.15) is 0 Å². The molecule has 4 heterocycles. The first-order chi connectivity index (χ1) is 17.2. The van der Waals surface area contributed by atoms with E-state index >= 15 is 0 Å². The molecule has 0 spiro atoms. The van der Waals surface area contributed by atoms with Crippen molar-refractivity contribution in [2.75, 3.05) is 23.5 Å². The van der Waals surface area contributed by atoms with Crippen LogP contribution in [-0.2, 0) is 16.4 Å². The highest BCUT2D eigenvalue weighted by Gasteiger charge is 2.30. The lowest BCUT2D eigenvalue weighted by Gasteiger charge is -2.26.